The van der Waals surface area contributed by atoms with Crippen molar-refractivity contribution in [1.29, 1.82) is 0 Å². The number of rotatable bonds is 5. The fourth-order valence-electron chi connectivity index (χ4n) is 0.992. The van der Waals surface area contributed by atoms with Crippen molar-refractivity contribution in [2.24, 2.45) is 5.73 Å². The Morgan fingerprint density at radius 2 is 2.10 bits per heavy atom. The van der Waals surface area contributed by atoms with Gasteiger partial charge in [0.05, 0.1) is 0 Å². The average molecular weight is 141 g/mol. The maximum Gasteiger partial charge on any atom is 0.00416 e. The van der Waals surface area contributed by atoms with Gasteiger partial charge in [0.25, 0.3) is 0 Å². The van der Waals surface area contributed by atoms with Gasteiger partial charge in [-0.15, -0.1) is 0 Å². The summed E-state index contributed by atoms with van der Waals surface area (Å²) in [6, 6.07) is 0.418. The van der Waals surface area contributed by atoms with Gasteiger partial charge in [-0.1, -0.05) is 25.5 Å². The molecule has 0 bridgehead atoms. The van der Waals surface area contributed by atoms with Crippen molar-refractivity contribution in [1.82, 2.24) is 0 Å². The molecule has 0 saturated heterocycles. The number of hydrogen-bond acceptors (Lipinski definition) is 1. The van der Waals surface area contributed by atoms with Gasteiger partial charge in [-0.3, -0.25) is 0 Å². The van der Waals surface area contributed by atoms with Crippen LogP contribution in [0.5, 0.6) is 0 Å². The van der Waals surface area contributed by atoms with Gasteiger partial charge in [-0.25, -0.2) is 0 Å². The molecule has 0 aromatic carbocycles. The smallest absolute Gasteiger partial charge is 0.00416 e. The van der Waals surface area contributed by atoms with Gasteiger partial charge in [-0.05, 0) is 26.2 Å². The van der Waals surface area contributed by atoms with Crippen molar-refractivity contribution in [2.45, 2.75) is 45.6 Å². The molecule has 10 heavy (non-hydrogen) atoms. The summed E-state index contributed by atoms with van der Waals surface area (Å²) in [4.78, 5) is 0. The summed E-state index contributed by atoms with van der Waals surface area (Å²) in [7, 11) is 0. The lowest BCUT2D eigenvalue weighted by atomic mass is 10.1. The van der Waals surface area contributed by atoms with Crippen LogP contribution in [-0.2, 0) is 0 Å². The second-order valence-electron chi connectivity index (χ2n) is 2.70. The van der Waals surface area contributed by atoms with Gasteiger partial charge in [0.15, 0.2) is 0 Å². The van der Waals surface area contributed by atoms with Crippen LogP contribution in [0.25, 0.3) is 0 Å². The average Bonchev–Trinajstić information content (AvgIpc) is 1.89. The van der Waals surface area contributed by atoms with E-state index >= 15 is 0 Å². The van der Waals surface area contributed by atoms with Gasteiger partial charge in [-0.2, -0.15) is 0 Å². The zero-order chi connectivity index (χ0) is 7.82. The second-order valence-corrected chi connectivity index (χ2v) is 2.70. The third-order valence-electron chi connectivity index (χ3n) is 1.60. The maximum absolute atomic E-state index is 5.79. The Kier molecular flexibility index (Phi) is 6.61. The van der Waals surface area contributed by atoms with E-state index in [2.05, 4.69) is 19.1 Å². The first kappa shape index (κ1) is 9.70. The molecule has 0 heterocycles. The molecular formula is C9H19N. The number of allylic oxidation sites excluding steroid dienone is 2. The minimum absolute atomic E-state index is 0.418. The zero-order valence-electron chi connectivity index (χ0n) is 7.14. The van der Waals surface area contributed by atoms with E-state index in [9.17, 15) is 0 Å². The van der Waals surface area contributed by atoms with Crippen LogP contribution in [0.4, 0.5) is 0 Å². The molecule has 0 saturated carbocycles. The summed E-state index contributed by atoms with van der Waals surface area (Å²) in [5, 5.41) is 0. The topological polar surface area (TPSA) is 26.0 Å². The van der Waals surface area contributed by atoms with Crippen molar-refractivity contribution >= 4 is 0 Å². The van der Waals surface area contributed by atoms with E-state index < -0.39 is 0 Å². The Morgan fingerprint density at radius 1 is 1.40 bits per heavy atom. The molecule has 1 atom stereocenters. The maximum atomic E-state index is 5.79. The van der Waals surface area contributed by atoms with Gasteiger partial charge < -0.3 is 5.73 Å². The first-order valence-corrected chi connectivity index (χ1v) is 4.18. The van der Waals surface area contributed by atoms with Crippen LogP contribution in [0.3, 0.4) is 0 Å². The highest BCUT2D eigenvalue weighted by Crippen LogP contribution is 2.01. The van der Waals surface area contributed by atoms with Gasteiger partial charge in [0.1, 0.15) is 0 Å². The van der Waals surface area contributed by atoms with E-state index in [1.165, 1.54) is 6.42 Å². The molecule has 0 radical (unpaired) electrons. The molecule has 0 fully saturated rings. The van der Waals surface area contributed by atoms with E-state index in [1.54, 1.807) is 0 Å². The fraction of sp³-hybridized carbons (Fsp3) is 0.778. The van der Waals surface area contributed by atoms with Crippen molar-refractivity contribution < 1.29 is 0 Å². The Hall–Kier alpha value is -0.300. The Bertz CT molecular complexity index is 86.7. The standard InChI is InChI=1S/C9H19N/c1-3-5-6-8-9(10)7-4-2/h3,5,9H,4,6-8,10H2,1-2H3/b5-3+. The lowest BCUT2D eigenvalue weighted by Crippen LogP contribution is -2.18. The van der Waals surface area contributed by atoms with Crippen LogP contribution in [0, 0.1) is 0 Å². The minimum atomic E-state index is 0.418. The molecule has 0 rings (SSSR count). The normalized spacial score (nSPS) is 14.3. The first-order chi connectivity index (χ1) is 4.81. The van der Waals surface area contributed by atoms with E-state index in [0.717, 1.165) is 19.3 Å². The quantitative estimate of drug-likeness (QED) is 0.585. The highest BCUT2D eigenvalue weighted by Gasteiger charge is 1.97. The molecule has 60 valence electrons. The third kappa shape index (κ3) is 5.83. The van der Waals surface area contributed by atoms with Crippen LogP contribution in [-0.4, -0.2) is 6.04 Å². The first-order valence-electron chi connectivity index (χ1n) is 4.18. The summed E-state index contributed by atoms with van der Waals surface area (Å²) >= 11 is 0. The van der Waals surface area contributed by atoms with Crippen LogP contribution in [0.15, 0.2) is 12.2 Å². The largest absolute Gasteiger partial charge is 0.328 e. The molecule has 2 N–H and O–H groups in total. The molecule has 1 nitrogen and oxygen atoms in total. The van der Waals surface area contributed by atoms with Gasteiger partial charge >= 0.3 is 0 Å². The van der Waals surface area contributed by atoms with Gasteiger partial charge in [0, 0.05) is 6.04 Å². The van der Waals surface area contributed by atoms with E-state index in [4.69, 9.17) is 5.73 Å². The Labute approximate surface area is 64.3 Å². The summed E-state index contributed by atoms with van der Waals surface area (Å²) < 4.78 is 0. The Balaban J connectivity index is 3.12. The van der Waals surface area contributed by atoms with Crippen molar-refractivity contribution in [3.05, 3.63) is 12.2 Å². The van der Waals surface area contributed by atoms with Crippen molar-refractivity contribution in [3.63, 3.8) is 0 Å². The lowest BCUT2D eigenvalue weighted by molar-refractivity contribution is 0.566. The van der Waals surface area contributed by atoms with Crippen LogP contribution in [0.1, 0.15) is 39.5 Å². The van der Waals surface area contributed by atoms with Crippen molar-refractivity contribution in [2.75, 3.05) is 0 Å². The molecule has 0 aliphatic heterocycles. The summed E-state index contributed by atoms with van der Waals surface area (Å²) in [6.07, 6.45) is 8.90. The molecule has 0 spiro atoms. The molecule has 0 aromatic rings. The Morgan fingerprint density at radius 3 is 2.60 bits per heavy atom. The van der Waals surface area contributed by atoms with Crippen molar-refractivity contribution in [3.8, 4) is 0 Å². The molecule has 0 aliphatic rings. The van der Waals surface area contributed by atoms with Gasteiger partial charge in [0.2, 0.25) is 0 Å². The van der Waals surface area contributed by atoms with Crippen LogP contribution in [0.2, 0.25) is 0 Å². The summed E-state index contributed by atoms with van der Waals surface area (Å²) in [5.74, 6) is 0. The number of nitrogens with two attached hydrogens (primary N) is 1. The van der Waals surface area contributed by atoms with E-state index in [1.807, 2.05) is 6.92 Å². The molecule has 1 heteroatoms. The van der Waals surface area contributed by atoms with E-state index in [0.29, 0.717) is 6.04 Å². The SMILES string of the molecule is C/C=C/CCC(N)CCC. The molecule has 0 aromatic heterocycles. The molecule has 0 aliphatic carbocycles. The monoisotopic (exact) mass is 141 g/mol. The highest BCUT2D eigenvalue weighted by atomic mass is 14.6. The molecular weight excluding hydrogens is 122 g/mol. The molecule has 1 unspecified atom stereocenters. The van der Waals surface area contributed by atoms with Crippen LogP contribution >= 0.6 is 0 Å². The zero-order valence-corrected chi connectivity index (χ0v) is 7.14. The molecule has 0 amide bonds. The summed E-state index contributed by atoms with van der Waals surface area (Å²) in [5.41, 5.74) is 5.79. The number of hydrogen-bond donors (Lipinski definition) is 1. The predicted octanol–water partition coefficient (Wildman–Crippen LogP) is 2.47. The highest BCUT2D eigenvalue weighted by molar-refractivity contribution is 4.78. The predicted molar refractivity (Wildman–Crippen MR) is 46.9 cm³/mol. The summed E-state index contributed by atoms with van der Waals surface area (Å²) in [6.45, 7) is 4.22. The lowest BCUT2D eigenvalue weighted by Gasteiger charge is -2.06. The third-order valence-corrected chi connectivity index (χ3v) is 1.60. The van der Waals surface area contributed by atoms with Crippen LogP contribution < -0.4 is 5.73 Å². The minimum Gasteiger partial charge on any atom is -0.328 e. The second kappa shape index (κ2) is 6.81. The van der Waals surface area contributed by atoms with E-state index in [-0.39, 0.29) is 0 Å². The fourth-order valence-corrected chi connectivity index (χ4v) is 0.992.